The van der Waals surface area contributed by atoms with Gasteiger partial charge in [0.2, 0.25) is 0 Å². The Kier molecular flexibility index (Phi) is 5.73. The molecule has 1 fully saturated rings. The Labute approximate surface area is 169 Å². The van der Waals surface area contributed by atoms with Crippen molar-refractivity contribution >= 4 is 29.3 Å². The summed E-state index contributed by atoms with van der Waals surface area (Å²) in [6.45, 7) is 1.98. The maximum absolute atomic E-state index is 12.9. The summed E-state index contributed by atoms with van der Waals surface area (Å²) in [5, 5.41) is 9.88. The van der Waals surface area contributed by atoms with Crippen molar-refractivity contribution in [1.82, 2.24) is 14.1 Å². The lowest BCUT2D eigenvalue weighted by Crippen LogP contribution is -2.44. The molecule has 1 atom stereocenters. The number of rotatable bonds is 3. The van der Waals surface area contributed by atoms with Crippen molar-refractivity contribution in [2.45, 2.75) is 25.4 Å². The number of hydrogen-bond acceptors (Lipinski definition) is 5. The molecule has 4 rings (SSSR count). The van der Waals surface area contributed by atoms with Gasteiger partial charge in [0.05, 0.1) is 6.33 Å². The molecule has 0 bridgehead atoms. The van der Waals surface area contributed by atoms with Gasteiger partial charge in [-0.2, -0.15) is 5.26 Å². The molecule has 0 aliphatic carbocycles. The van der Waals surface area contributed by atoms with E-state index in [0.717, 1.165) is 30.8 Å². The topological polar surface area (TPSA) is 92.9 Å². The van der Waals surface area contributed by atoms with Crippen molar-refractivity contribution in [3.8, 4) is 6.07 Å². The fourth-order valence-corrected chi connectivity index (χ4v) is 3.85. The molecule has 8 heteroatoms. The Morgan fingerprint density at radius 3 is 2.75 bits per heavy atom. The second-order valence-corrected chi connectivity index (χ2v) is 7.09. The minimum Gasteiger partial charge on any atom is -0.355 e. The van der Waals surface area contributed by atoms with Gasteiger partial charge in [-0.3, -0.25) is 4.79 Å². The number of hydrogen-bond donors (Lipinski definition) is 1. The zero-order valence-electron chi connectivity index (χ0n) is 15.7. The first-order chi connectivity index (χ1) is 13.1. The van der Waals surface area contributed by atoms with E-state index in [9.17, 15) is 10.1 Å². The van der Waals surface area contributed by atoms with Crippen LogP contribution in [0.2, 0.25) is 0 Å². The van der Waals surface area contributed by atoms with E-state index in [1.807, 2.05) is 34.9 Å². The summed E-state index contributed by atoms with van der Waals surface area (Å²) in [5.74, 6) is 0.752. The third kappa shape index (κ3) is 3.37. The number of benzene rings is 1. The van der Waals surface area contributed by atoms with Crippen molar-refractivity contribution in [2.24, 2.45) is 12.8 Å². The molecule has 1 aliphatic rings. The average molecular weight is 399 g/mol. The molecule has 7 nitrogen and oxygen atoms in total. The summed E-state index contributed by atoms with van der Waals surface area (Å²) >= 11 is 0. The Bertz CT molecular complexity index is 1080. The zero-order chi connectivity index (χ0) is 19.0. The number of aromatic nitrogens is 3. The van der Waals surface area contributed by atoms with E-state index in [1.54, 1.807) is 7.05 Å². The first-order valence-electron chi connectivity index (χ1n) is 9.12. The van der Waals surface area contributed by atoms with Crippen molar-refractivity contribution in [2.75, 3.05) is 18.0 Å². The van der Waals surface area contributed by atoms with Crippen molar-refractivity contribution in [1.29, 1.82) is 5.26 Å². The summed E-state index contributed by atoms with van der Waals surface area (Å²) in [7, 11) is 1.68. The molecule has 0 unspecified atom stereocenters. The highest BCUT2D eigenvalue weighted by Gasteiger charge is 2.28. The van der Waals surface area contributed by atoms with Crippen LogP contribution in [-0.2, 0) is 13.6 Å². The van der Waals surface area contributed by atoms with Crippen LogP contribution in [0.4, 0.5) is 5.82 Å². The number of nitriles is 1. The Morgan fingerprint density at radius 2 is 2.07 bits per heavy atom. The fraction of sp³-hybridized carbons (Fsp3) is 0.350. The van der Waals surface area contributed by atoms with Crippen molar-refractivity contribution < 1.29 is 0 Å². The molecule has 3 aromatic rings. The van der Waals surface area contributed by atoms with E-state index in [4.69, 9.17) is 5.73 Å². The average Bonchev–Trinajstić information content (AvgIpc) is 2.99. The largest absolute Gasteiger partial charge is 0.355 e. The van der Waals surface area contributed by atoms with Gasteiger partial charge in [-0.1, -0.05) is 30.3 Å². The number of nitrogens with two attached hydrogens (primary N) is 1. The smallest absolute Gasteiger partial charge is 0.277 e. The van der Waals surface area contributed by atoms with Gasteiger partial charge in [-0.05, 0) is 18.4 Å². The number of nitrogens with zero attached hydrogens (tertiary/aromatic N) is 5. The molecule has 0 spiro atoms. The third-order valence-electron chi connectivity index (χ3n) is 5.15. The van der Waals surface area contributed by atoms with Gasteiger partial charge in [0.25, 0.3) is 5.56 Å². The number of aryl methyl sites for hydroxylation is 1. The number of piperidine rings is 1. The molecule has 1 aromatic carbocycles. The van der Waals surface area contributed by atoms with Gasteiger partial charge < -0.3 is 19.8 Å². The van der Waals surface area contributed by atoms with Gasteiger partial charge >= 0.3 is 0 Å². The Morgan fingerprint density at radius 1 is 1.32 bits per heavy atom. The van der Waals surface area contributed by atoms with Crippen LogP contribution in [0.3, 0.4) is 0 Å². The van der Waals surface area contributed by atoms with E-state index in [-0.39, 0.29) is 24.0 Å². The highest BCUT2D eigenvalue weighted by atomic mass is 35.5. The van der Waals surface area contributed by atoms with Crippen molar-refractivity contribution in [3.63, 3.8) is 0 Å². The second-order valence-electron chi connectivity index (χ2n) is 7.09. The second kappa shape index (κ2) is 8.05. The number of fused-ring (bicyclic) bond motifs is 1. The highest BCUT2D eigenvalue weighted by molar-refractivity contribution is 5.89. The van der Waals surface area contributed by atoms with Crippen molar-refractivity contribution in [3.05, 3.63) is 58.1 Å². The highest BCUT2D eigenvalue weighted by Crippen LogP contribution is 2.32. The van der Waals surface area contributed by atoms with Crippen LogP contribution in [0, 0.1) is 11.3 Å². The lowest BCUT2D eigenvalue weighted by molar-refractivity contribution is 0.498. The van der Waals surface area contributed by atoms with Crippen LogP contribution in [0.25, 0.3) is 11.0 Å². The molecular formula is C20H23ClN6O. The van der Waals surface area contributed by atoms with Crippen LogP contribution < -0.4 is 16.2 Å². The summed E-state index contributed by atoms with van der Waals surface area (Å²) in [5.41, 5.74) is 8.48. The molecule has 3 heterocycles. The fourth-order valence-electron chi connectivity index (χ4n) is 3.85. The summed E-state index contributed by atoms with van der Waals surface area (Å²) in [4.78, 5) is 19.5. The number of halogens is 1. The first-order valence-corrected chi connectivity index (χ1v) is 9.12. The SMILES string of the molecule is Cl.Cn1cnc2c(C#N)c(N3CCC[C@H](N)C3)n(Cc3ccccc3)c2c1=O. The molecular weight excluding hydrogens is 376 g/mol. The predicted octanol–water partition coefficient (Wildman–Crippen LogP) is 2.00. The van der Waals surface area contributed by atoms with Gasteiger partial charge in [-0.15, -0.1) is 12.4 Å². The van der Waals surface area contributed by atoms with E-state index in [2.05, 4.69) is 16.0 Å². The first kappa shape index (κ1) is 19.9. The normalized spacial score (nSPS) is 16.6. The zero-order valence-corrected chi connectivity index (χ0v) is 16.5. The maximum atomic E-state index is 12.9. The van der Waals surface area contributed by atoms with E-state index >= 15 is 0 Å². The summed E-state index contributed by atoms with van der Waals surface area (Å²) < 4.78 is 3.40. The van der Waals surface area contributed by atoms with E-state index in [1.165, 1.54) is 10.9 Å². The van der Waals surface area contributed by atoms with Gasteiger partial charge in [0.1, 0.15) is 28.5 Å². The number of anilines is 1. The molecule has 0 radical (unpaired) electrons. The van der Waals surface area contributed by atoms with E-state index < -0.39 is 0 Å². The van der Waals surface area contributed by atoms with Crippen LogP contribution in [0.1, 0.15) is 24.0 Å². The monoisotopic (exact) mass is 398 g/mol. The standard InChI is InChI=1S/C20H22N6O.ClH/c1-24-13-23-17-16(10-21)19(25-9-5-8-15(22)12-25)26(18(17)20(24)27)11-14-6-3-2-4-7-14;/h2-4,6-7,13,15H,5,8-9,11-12,22H2,1H3;1H/t15-;/m0./s1. The lowest BCUT2D eigenvalue weighted by Gasteiger charge is -2.33. The van der Waals surface area contributed by atoms with Gasteiger partial charge in [0.15, 0.2) is 0 Å². The molecule has 28 heavy (non-hydrogen) atoms. The molecule has 0 saturated carbocycles. The van der Waals surface area contributed by atoms with E-state index in [0.29, 0.717) is 29.7 Å². The molecule has 1 aliphatic heterocycles. The third-order valence-corrected chi connectivity index (χ3v) is 5.15. The molecule has 2 aromatic heterocycles. The Hall–Kier alpha value is -2.82. The molecule has 146 valence electrons. The minimum atomic E-state index is -0.153. The van der Waals surface area contributed by atoms with Gasteiger partial charge in [0, 0.05) is 32.7 Å². The Balaban J connectivity index is 0.00000225. The molecule has 1 saturated heterocycles. The minimum absolute atomic E-state index is 0. The molecule has 0 amide bonds. The molecule has 2 N–H and O–H groups in total. The quantitative estimate of drug-likeness (QED) is 0.728. The van der Waals surface area contributed by atoms with Crippen LogP contribution in [0.15, 0.2) is 41.5 Å². The van der Waals surface area contributed by atoms with Crippen LogP contribution in [-0.4, -0.2) is 33.2 Å². The summed E-state index contributed by atoms with van der Waals surface area (Å²) in [6, 6.07) is 12.3. The van der Waals surface area contributed by atoms with Gasteiger partial charge in [-0.25, -0.2) is 4.98 Å². The predicted molar refractivity (Wildman–Crippen MR) is 112 cm³/mol. The van der Waals surface area contributed by atoms with Crippen LogP contribution >= 0.6 is 12.4 Å². The van der Waals surface area contributed by atoms with Crippen LogP contribution in [0.5, 0.6) is 0 Å². The maximum Gasteiger partial charge on any atom is 0.277 e. The summed E-state index contributed by atoms with van der Waals surface area (Å²) in [6.07, 6.45) is 3.41. The lowest BCUT2D eigenvalue weighted by atomic mass is 10.1.